The van der Waals surface area contributed by atoms with Crippen molar-refractivity contribution in [2.45, 2.75) is 6.61 Å². The molecule has 0 fully saturated rings. The monoisotopic (exact) mass is 325 g/mol. The lowest BCUT2D eigenvalue weighted by Gasteiger charge is -2.11. The molecule has 0 heterocycles. The first-order valence-electron chi connectivity index (χ1n) is 4.38. The molecule has 0 unspecified atom stereocenters. The van der Waals surface area contributed by atoms with E-state index in [1.807, 2.05) is 0 Å². The molecule has 0 bridgehead atoms. The second-order valence-corrected chi connectivity index (χ2v) is 3.70. The minimum Gasteiger partial charge on any atom is -0.465 e. The summed E-state index contributed by atoms with van der Waals surface area (Å²) in [5.74, 6) is -1.58. The number of methoxy groups -OCH3 is 1. The maximum Gasteiger partial charge on any atom is 0.387 e. The number of carbonyl (C=O) groups is 1. The van der Waals surface area contributed by atoms with Gasteiger partial charge in [0.25, 0.3) is 5.69 Å². The fraction of sp³-hybridized carbons (Fsp3) is 0.222. The fourth-order valence-corrected chi connectivity index (χ4v) is 1.75. The average Bonchev–Trinajstić information content (AvgIpc) is 2.29. The number of hydrogen-bond donors (Lipinski definition) is 0. The van der Waals surface area contributed by atoms with E-state index in [4.69, 9.17) is 0 Å². The zero-order valence-electron chi connectivity index (χ0n) is 8.85. The van der Waals surface area contributed by atoms with Crippen molar-refractivity contribution < 1.29 is 28.0 Å². The van der Waals surface area contributed by atoms with Crippen molar-refractivity contribution in [3.8, 4) is 5.75 Å². The Kier molecular flexibility index (Phi) is 4.54. The summed E-state index contributed by atoms with van der Waals surface area (Å²) in [6, 6.07) is 1.96. The Morgan fingerprint density at radius 2 is 2.11 bits per heavy atom. The smallest absolute Gasteiger partial charge is 0.387 e. The highest BCUT2D eigenvalue weighted by Crippen LogP contribution is 2.38. The number of benzene rings is 1. The number of rotatable bonds is 4. The van der Waals surface area contributed by atoms with Crippen LogP contribution in [0.3, 0.4) is 0 Å². The average molecular weight is 326 g/mol. The van der Waals surface area contributed by atoms with Crippen LogP contribution >= 0.6 is 15.9 Å². The molecule has 0 aliphatic carbocycles. The van der Waals surface area contributed by atoms with Crippen LogP contribution < -0.4 is 4.74 Å². The Bertz CT molecular complexity index is 494. The van der Waals surface area contributed by atoms with Crippen molar-refractivity contribution >= 4 is 27.6 Å². The van der Waals surface area contributed by atoms with Gasteiger partial charge in [0.05, 0.1) is 12.0 Å². The summed E-state index contributed by atoms with van der Waals surface area (Å²) in [5, 5.41) is 10.6. The fourth-order valence-electron chi connectivity index (χ4n) is 1.16. The minimum atomic E-state index is -3.23. The van der Waals surface area contributed by atoms with Crippen molar-refractivity contribution in [3.05, 3.63) is 32.3 Å². The Hall–Kier alpha value is -1.77. The maximum atomic E-state index is 12.2. The van der Waals surface area contributed by atoms with Gasteiger partial charge in [0, 0.05) is 6.07 Å². The van der Waals surface area contributed by atoms with Crippen molar-refractivity contribution in [2.75, 3.05) is 7.11 Å². The third-order valence-electron chi connectivity index (χ3n) is 1.89. The van der Waals surface area contributed by atoms with Crippen LogP contribution in [-0.2, 0) is 4.74 Å². The highest BCUT2D eigenvalue weighted by Gasteiger charge is 2.26. The summed E-state index contributed by atoms with van der Waals surface area (Å²) in [5.41, 5.74) is -0.839. The predicted molar refractivity (Wildman–Crippen MR) is 58.8 cm³/mol. The molecule has 0 aromatic heterocycles. The number of nitro groups is 1. The molecule has 1 aromatic rings. The summed E-state index contributed by atoms with van der Waals surface area (Å²) in [6.45, 7) is -3.23. The Labute approximate surface area is 108 Å². The van der Waals surface area contributed by atoms with Crippen LogP contribution in [0, 0.1) is 10.1 Å². The minimum absolute atomic E-state index is 0.338. The van der Waals surface area contributed by atoms with Gasteiger partial charge in [-0.25, -0.2) is 4.79 Å². The van der Waals surface area contributed by atoms with Gasteiger partial charge in [-0.2, -0.15) is 8.78 Å². The number of halogens is 3. The zero-order valence-corrected chi connectivity index (χ0v) is 10.4. The molecule has 0 saturated carbocycles. The van der Waals surface area contributed by atoms with Gasteiger partial charge < -0.3 is 9.47 Å². The van der Waals surface area contributed by atoms with Gasteiger partial charge in [0.2, 0.25) is 0 Å². The van der Waals surface area contributed by atoms with Crippen LogP contribution in [0.2, 0.25) is 0 Å². The molecule has 98 valence electrons. The summed E-state index contributed by atoms with van der Waals surface area (Å²) in [4.78, 5) is 21.1. The number of ether oxygens (including phenoxy) is 2. The molecule has 0 saturated heterocycles. The molecule has 18 heavy (non-hydrogen) atoms. The van der Waals surface area contributed by atoms with Crippen LogP contribution in [0.1, 0.15) is 10.4 Å². The van der Waals surface area contributed by atoms with E-state index < -0.39 is 28.9 Å². The number of alkyl halides is 2. The van der Waals surface area contributed by atoms with Crippen LogP contribution in [-0.4, -0.2) is 24.6 Å². The van der Waals surface area contributed by atoms with Crippen LogP contribution in [0.25, 0.3) is 0 Å². The highest BCUT2D eigenvalue weighted by molar-refractivity contribution is 9.10. The van der Waals surface area contributed by atoms with Crippen LogP contribution in [0.15, 0.2) is 16.6 Å². The topological polar surface area (TPSA) is 78.7 Å². The van der Waals surface area contributed by atoms with Gasteiger partial charge in [0.15, 0.2) is 5.75 Å². The summed E-state index contributed by atoms with van der Waals surface area (Å²) >= 11 is 2.75. The van der Waals surface area contributed by atoms with E-state index in [9.17, 15) is 23.7 Å². The first-order chi connectivity index (χ1) is 8.38. The molecule has 0 spiro atoms. The van der Waals surface area contributed by atoms with Crippen molar-refractivity contribution in [2.24, 2.45) is 0 Å². The highest BCUT2D eigenvalue weighted by atomic mass is 79.9. The molecule has 1 rings (SSSR count). The summed E-state index contributed by atoms with van der Waals surface area (Å²) < 4.78 is 32.5. The van der Waals surface area contributed by atoms with Crippen molar-refractivity contribution in [1.29, 1.82) is 0 Å². The Balaban J connectivity index is 3.40. The van der Waals surface area contributed by atoms with Gasteiger partial charge in [-0.15, -0.1) is 0 Å². The molecule has 0 amide bonds. The van der Waals surface area contributed by atoms with E-state index in [2.05, 4.69) is 25.4 Å². The van der Waals surface area contributed by atoms with E-state index in [1.54, 1.807) is 0 Å². The molecule has 1 aromatic carbocycles. The zero-order chi connectivity index (χ0) is 13.9. The van der Waals surface area contributed by atoms with Crippen molar-refractivity contribution in [3.63, 3.8) is 0 Å². The number of hydrogen-bond acceptors (Lipinski definition) is 5. The Morgan fingerprint density at radius 3 is 2.56 bits per heavy atom. The van der Waals surface area contributed by atoms with E-state index in [0.29, 0.717) is 0 Å². The van der Waals surface area contributed by atoms with E-state index >= 15 is 0 Å². The van der Waals surface area contributed by atoms with E-state index in [-0.39, 0.29) is 10.0 Å². The van der Waals surface area contributed by atoms with Crippen LogP contribution in [0.4, 0.5) is 14.5 Å². The predicted octanol–water partition coefficient (Wildman–Crippen LogP) is 2.75. The van der Waals surface area contributed by atoms with Gasteiger partial charge in [0.1, 0.15) is 10.0 Å². The summed E-state index contributed by atoms with van der Waals surface area (Å²) in [6.07, 6.45) is 0. The van der Waals surface area contributed by atoms with Gasteiger partial charge in [-0.3, -0.25) is 10.1 Å². The number of carbonyl (C=O) groups excluding carboxylic acids is 1. The summed E-state index contributed by atoms with van der Waals surface area (Å²) in [7, 11) is 1.05. The molecule has 0 N–H and O–H groups in total. The van der Waals surface area contributed by atoms with E-state index in [1.165, 1.54) is 0 Å². The molecule has 0 atom stereocenters. The van der Waals surface area contributed by atoms with Gasteiger partial charge in [-0.05, 0) is 22.0 Å². The first-order valence-corrected chi connectivity index (χ1v) is 5.17. The van der Waals surface area contributed by atoms with E-state index in [0.717, 1.165) is 19.2 Å². The second-order valence-electron chi connectivity index (χ2n) is 2.90. The van der Waals surface area contributed by atoms with Crippen LogP contribution in [0.5, 0.6) is 5.75 Å². The maximum absolute atomic E-state index is 12.2. The van der Waals surface area contributed by atoms with Gasteiger partial charge in [-0.1, -0.05) is 0 Å². The molecule has 6 nitrogen and oxygen atoms in total. The molecule has 0 aliphatic heterocycles. The van der Waals surface area contributed by atoms with Gasteiger partial charge >= 0.3 is 12.6 Å². The number of esters is 1. The number of nitro benzene ring substituents is 1. The lowest BCUT2D eigenvalue weighted by atomic mass is 10.2. The Morgan fingerprint density at radius 1 is 1.50 bits per heavy atom. The quantitative estimate of drug-likeness (QED) is 0.483. The molecule has 0 radical (unpaired) electrons. The van der Waals surface area contributed by atoms with Crippen molar-refractivity contribution in [1.82, 2.24) is 0 Å². The largest absolute Gasteiger partial charge is 0.465 e. The lowest BCUT2D eigenvalue weighted by Crippen LogP contribution is -2.10. The molecular weight excluding hydrogens is 320 g/mol. The standard InChI is InChI=1S/C9H6BrF2NO5/c1-17-8(14)4-2-3-5(13(15)16)6(10)7(4)18-9(11)12/h2-3,9H,1H3. The first kappa shape index (κ1) is 14.3. The second kappa shape index (κ2) is 5.71. The third kappa shape index (κ3) is 2.92. The normalized spacial score (nSPS) is 10.3. The lowest BCUT2D eigenvalue weighted by molar-refractivity contribution is -0.385. The molecule has 0 aliphatic rings. The SMILES string of the molecule is COC(=O)c1ccc([N+](=O)[O-])c(Br)c1OC(F)F. The third-order valence-corrected chi connectivity index (χ3v) is 2.65. The molecular formula is C9H6BrF2NO5. The molecule has 9 heteroatoms. The number of nitrogens with zero attached hydrogens (tertiary/aromatic N) is 1.